The van der Waals surface area contributed by atoms with Crippen LogP contribution >= 0.6 is 0 Å². The normalized spacial score (nSPS) is 19.0. The van der Waals surface area contributed by atoms with Crippen LogP contribution in [0.4, 0.5) is 4.39 Å². The van der Waals surface area contributed by atoms with E-state index in [1.54, 1.807) is 12.1 Å². The first-order valence-electron chi connectivity index (χ1n) is 8.89. The monoisotopic (exact) mass is 406 g/mol. The molecule has 28 heavy (non-hydrogen) atoms. The molecule has 0 radical (unpaired) electrons. The second-order valence-corrected chi connectivity index (χ2v) is 8.52. The molecule has 2 heterocycles. The van der Waals surface area contributed by atoms with Gasteiger partial charge in [-0.3, -0.25) is 4.79 Å². The molecule has 9 heteroatoms. The van der Waals surface area contributed by atoms with Crippen LogP contribution in [0.15, 0.2) is 47.4 Å². The van der Waals surface area contributed by atoms with Crippen LogP contribution in [0.25, 0.3) is 0 Å². The number of sulfonamides is 1. The number of hydrogen-bond donors (Lipinski definition) is 1. The Bertz CT molecular complexity index is 994. The van der Waals surface area contributed by atoms with Crippen molar-refractivity contribution in [1.29, 1.82) is 0 Å². The molecule has 1 saturated heterocycles. The van der Waals surface area contributed by atoms with Crippen LogP contribution < -0.4 is 14.8 Å². The average molecular weight is 406 g/mol. The minimum absolute atomic E-state index is 0.0237. The van der Waals surface area contributed by atoms with Crippen molar-refractivity contribution in [2.45, 2.75) is 30.3 Å². The van der Waals surface area contributed by atoms with Gasteiger partial charge < -0.3 is 14.8 Å². The lowest BCUT2D eigenvalue weighted by Crippen LogP contribution is -2.45. The number of nitrogens with one attached hydrogen (secondary N) is 1. The van der Waals surface area contributed by atoms with Gasteiger partial charge in [-0.05, 0) is 54.8 Å². The van der Waals surface area contributed by atoms with Crippen molar-refractivity contribution in [3.05, 3.63) is 53.8 Å². The number of carbonyl (C=O) groups excluding carboxylic acids is 1. The van der Waals surface area contributed by atoms with E-state index in [-0.39, 0.29) is 30.7 Å². The van der Waals surface area contributed by atoms with E-state index in [0.29, 0.717) is 24.3 Å². The van der Waals surface area contributed by atoms with Crippen LogP contribution in [0.1, 0.15) is 18.4 Å². The summed E-state index contributed by atoms with van der Waals surface area (Å²) in [6.45, 7) is 0.668. The molecule has 0 saturated carbocycles. The fourth-order valence-electron chi connectivity index (χ4n) is 3.39. The van der Waals surface area contributed by atoms with Gasteiger partial charge in [-0.1, -0.05) is 6.07 Å². The highest BCUT2D eigenvalue weighted by Crippen LogP contribution is 2.32. The number of fused-ring (bicyclic) bond motifs is 1. The number of rotatable bonds is 5. The summed E-state index contributed by atoms with van der Waals surface area (Å²) >= 11 is 0. The van der Waals surface area contributed by atoms with Crippen LogP contribution in [0, 0.1) is 5.82 Å². The number of halogens is 1. The third-order valence-corrected chi connectivity index (χ3v) is 6.75. The van der Waals surface area contributed by atoms with Gasteiger partial charge in [-0.2, -0.15) is 4.31 Å². The van der Waals surface area contributed by atoms with Crippen LogP contribution in [-0.2, 0) is 21.4 Å². The lowest BCUT2D eigenvalue weighted by molar-refractivity contribution is -0.124. The van der Waals surface area contributed by atoms with Gasteiger partial charge in [0, 0.05) is 13.1 Å². The van der Waals surface area contributed by atoms with E-state index in [4.69, 9.17) is 9.47 Å². The standard InChI is InChI=1S/C19H19FN2O5S/c20-14-4-6-15(7-5-14)28(24,25)22-9-1-2-16(22)19(23)21-11-13-3-8-17-18(10-13)27-12-26-17/h3-8,10,16H,1-2,9,11-12H2,(H,21,23)/t16-/m0/s1. The number of nitrogens with zero attached hydrogens (tertiary/aromatic N) is 1. The van der Waals surface area contributed by atoms with Crippen molar-refractivity contribution in [2.24, 2.45) is 0 Å². The molecule has 2 aliphatic rings. The second-order valence-electron chi connectivity index (χ2n) is 6.63. The number of amides is 1. The second kappa shape index (κ2) is 7.40. The molecular formula is C19H19FN2O5S. The van der Waals surface area contributed by atoms with Crippen molar-refractivity contribution in [2.75, 3.05) is 13.3 Å². The van der Waals surface area contributed by atoms with E-state index < -0.39 is 21.9 Å². The van der Waals surface area contributed by atoms with Gasteiger partial charge in [-0.25, -0.2) is 12.8 Å². The molecule has 1 atom stereocenters. The first-order chi connectivity index (χ1) is 13.4. The van der Waals surface area contributed by atoms with Crippen molar-refractivity contribution in [1.82, 2.24) is 9.62 Å². The fourth-order valence-corrected chi connectivity index (χ4v) is 5.05. The summed E-state index contributed by atoms with van der Waals surface area (Å²) in [6.07, 6.45) is 1.02. The predicted octanol–water partition coefficient (Wildman–Crippen LogP) is 2.02. The Kier molecular flexibility index (Phi) is 4.94. The lowest BCUT2D eigenvalue weighted by atomic mass is 10.2. The van der Waals surface area contributed by atoms with Crippen molar-refractivity contribution < 1.29 is 27.1 Å². The maximum absolute atomic E-state index is 13.1. The highest BCUT2D eigenvalue weighted by atomic mass is 32.2. The third-order valence-electron chi connectivity index (χ3n) is 4.83. The fraction of sp³-hybridized carbons (Fsp3) is 0.316. The first-order valence-corrected chi connectivity index (χ1v) is 10.3. The van der Waals surface area contributed by atoms with Gasteiger partial charge in [0.25, 0.3) is 0 Å². The quantitative estimate of drug-likeness (QED) is 0.821. The van der Waals surface area contributed by atoms with Crippen LogP contribution in [-0.4, -0.2) is 38.0 Å². The Morgan fingerprint density at radius 1 is 1.14 bits per heavy atom. The summed E-state index contributed by atoms with van der Waals surface area (Å²) < 4.78 is 50.6. The zero-order valence-corrected chi connectivity index (χ0v) is 15.7. The number of hydrogen-bond acceptors (Lipinski definition) is 5. The molecule has 148 valence electrons. The van der Waals surface area contributed by atoms with E-state index in [2.05, 4.69) is 5.32 Å². The van der Waals surface area contributed by atoms with Crippen LogP contribution in [0.2, 0.25) is 0 Å². The summed E-state index contributed by atoms with van der Waals surface area (Å²) in [5.74, 6) is 0.398. The van der Waals surface area contributed by atoms with E-state index in [1.807, 2.05) is 6.07 Å². The maximum Gasteiger partial charge on any atom is 0.243 e. The SMILES string of the molecule is O=C(NCc1ccc2c(c1)OCO2)[C@@H]1CCCN1S(=O)(=O)c1ccc(F)cc1. The Hall–Kier alpha value is -2.65. The summed E-state index contributed by atoms with van der Waals surface area (Å²) in [4.78, 5) is 12.6. The van der Waals surface area contributed by atoms with Crippen LogP contribution in [0.3, 0.4) is 0 Å². The number of ether oxygens (including phenoxy) is 2. The first kappa shape index (κ1) is 18.7. The Morgan fingerprint density at radius 2 is 1.89 bits per heavy atom. The van der Waals surface area contributed by atoms with Crippen molar-refractivity contribution >= 4 is 15.9 Å². The predicted molar refractivity (Wildman–Crippen MR) is 97.7 cm³/mol. The Morgan fingerprint density at radius 3 is 2.68 bits per heavy atom. The van der Waals surface area contributed by atoms with Gasteiger partial charge in [0.05, 0.1) is 4.90 Å². The number of benzene rings is 2. The smallest absolute Gasteiger partial charge is 0.243 e. The van der Waals surface area contributed by atoms with E-state index in [0.717, 1.165) is 17.7 Å². The average Bonchev–Trinajstić information content (AvgIpc) is 3.35. The van der Waals surface area contributed by atoms with Gasteiger partial charge in [0.1, 0.15) is 11.9 Å². The van der Waals surface area contributed by atoms with Gasteiger partial charge in [0.15, 0.2) is 11.5 Å². The minimum atomic E-state index is -3.87. The van der Waals surface area contributed by atoms with Crippen LogP contribution in [0.5, 0.6) is 11.5 Å². The van der Waals surface area contributed by atoms with Gasteiger partial charge in [0.2, 0.25) is 22.7 Å². The zero-order chi connectivity index (χ0) is 19.7. The molecule has 7 nitrogen and oxygen atoms in total. The highest BCUT2D eigenvalue weighted by Gasteiger charge is 2.39. The molecular weight excluding hydrogens is 387 g/mol. The molecule has 0 bridgehead atoms. The largest absolute Gasteiger partial charge is 0.454 e. The van der Waals surface area contributed by atoms with E-state index in [9.17, 15) is 17.6 Å². The third kappa shape index (κ3) is 3.55. The topological polar surface area (TPSA) is 84.9 Å². The van der Waals surface area contributed by atoms with Gasteiger partial charge >= 0.3 is 0 Å². The van der Waals surface area contributed by atoms with Gasteiger partial charge in [-0.15, -0.1) is 0 Å². The van der Waals surface area contributed by atoms with Crippen molar-refractivity contribution in [3.63, 3.8) is 0 Å². The molecule has 0 spiro atoms. The van der Waals surface area contributed by atoms with Crippen molar-refractivity contribution in [3.8, 4) is 11.5 Å². The maximum atomic E-state index is 13.1. The molecule has 0 unspecified atom stereocenters. The zero-order valence-electron chi connectivity index (χ0n) is 14.9. The molecule has 2 aromatic rings. The lowest BCUT2D eigenvalue weighted by Gasteiger charge is -2.23. The molecule has 0 aromatic heterocycles. The molecule has 2 aromatic carbocycles. The number of carbonyl (C=O) groups is 1. The molecule has 0 aliphatic carbocycles. The molecule has 4 rings (SSSR count). The summed E-state index contributed by atoms with van der Waals surface area (Å²) in [5.41, 5.74) is 0.823. The minimum Gasteiger partial charge on any atom is -0.454 e. The molecule has 2 aliphatic heterocycles. The Balaban J connectivity index is 1.45. The summed E-state index contributed by atoms with van der Waals surface area (Å²) in [5, 5.41) is 2.79. The summed E-state index contributed by atoms with van der Waals surface area (Å²) in [6, 6.07) is 9.19. The molecule has 1 amide bonds. The van der Waals surface area contributed by atoms with E-state index >= 15 is 0 Å². The van der Waals surface area contributed by atoms with E-state index in [1.165, 1.54) is 16.4 Å². The highest BCUT2D eigenvalue weighted by molar-refractivity contribution is 7.89. The Labute approximate surface area is 162 Å². The molecule has 1 N–H and O–H groups in total. The molecule has 1 fully saturated rings. The summed E-state index contributed by atoms with van der Waals surface area (Å²) in [7, 11) is -3.87.